The fourth-order valence-electron chi connectivity index (χ4n) is 5.29. The summed E-state index contributed by atoms with van der Waals surface area (Å²) < 4.78 is 5.71. The van der Waals surface area contributed by atoms with Crippen molar-refractivity contribution in [3.8, 4) is 5.75 Å². The SMILES string of the molecule is Cc1ccc(CN2C3CCC2CC(Nc2ccc4[nH]ccc4c2)C3)cc1OCCO. The van der Waals surface area contributed by atoms with Crippen LogP contribution in [0.2, 0.25) is 0 Å². The molecule has 2 aliphatic rings. The van der Waals surface area contributed by atoms with Crippen LogP contribution >= 0.6 is 0 Å². The molecule has 5 rings (SSSR count). The normalized spacial score (nSPS) is 23.7. The number of anilines is 1. The summed E-state index contributed by atoms with van der Waals surface area (Å²) in [7, 11) is 0. The Morgan fingerprint density at radius 1 is 1.10 bits per heavy atom. The summed E-state index contributed by atoms with van der Waals surface area (Å²) in [5, 5.41) is 14.1. The minimum atomic E-state index is 0.0470. The Morgan fingerprint density at radius 3 is 2.73 bits per heavy atom. The molecule has 0 spiro atoms. The van der Waals surface area contributed by atoms with Crippen molar-refractivity contribution < 1.29 is 9.84 Å². The third kappa shape index (κ3) is 3.92. The molecular formula is C25H31N3O2. The third-order valence-electron chi connectivity index (χ3n) is 6.77. The molecule has 2 bridgehead atoms. The Hall–Kier alpha value is -2.50. The zero-order valence-electron chi connectivity index (χ0n) is 17.6. The first-order chi connectivity index (χ1) is 14.7. The van der Waals surface area contributed by atoms with Crippen molar-refractivity contribution in [3.63, 3.8) is 0 Å². The lowest BCUT2D eigenvalue weighted by molar-refractivity contribution is 0.124. The second kappa shape index (κ2) is 8.32. The summed E-state index contributed by atoms with van der Waals surface area (Å²) in [6.45, 7) is 3.43. The number of rotatable bonds is 7. The van der Waals surface area contributed by atoms with Crippen molar-refractivity contribution in [1.29, 1.82) is 0 Å². The summed E-state index contributed by atoms with van der Waals surface area (Å²) in [5.41, 5.74) is 4.84. The van der Waals surface area contributed by atoms with Crippen LogP contribution in [0.25, 0.3) is 10.9 Å². The van der Waals surface area contributed by atoms with Crippen molar-refractivity contribution in [2.24, 2.45) is 0 Å². The molecule has 0 aliphatic carbocycles. The molecule has 3 aromatic rings. The van der Waals surface area contributed by atoms with Crippen LogP contribution in [0.1, 0.15) is 36.8 Å². The second-order valence-corrected chi connectivity index (χ2v) is 8.82. The average molecular weight is 406 g/mol. The highest BCUT2D eigenvalue weighted by Gasteiger charge is 2.40. The van der Waals surface area contributed by atoms with Crippen molar-refractivity contribution >= 4 is 16.6 Å². The molecule has 2 saturated heterocycles. The number of aromatic nitrogens is 1. The molecule has 2 unspecified atom stereocenters. The van der Waals surface area contributed by atoms with E-state index in [0.717, 1.165) is 17.9 Å². The molecule has 0 saturated carbocycles. The molecule has 30 heavy (non-hydrogen) atoms. The van der Waals surface area contributed by atoms with Crippen LogP contribution < -0.4 is 10.1 Å². The summed E-state index contributed by atoms with van der Waals surface area (Å²) in [6, 6.07) is 17.1. The first-order valence-corrected chi connectivity index (χ1v) is 11.1. The lowest BCUT2D eigenvalue weighted by atomic mass is 9.96. The van der Waals surface area contributed by atoms with Crippen LogP contribution in [-0.2, 0) is 6.54 Å². The Kier molecular flexibility index (Phi) is 5.40. The van der Waals surface area contributed by atoms with Gasteiger partial charge in [-0.15, -0.1) is 0 Å². The molecule has 2 aliphatic heterocycles. The molecule has 158 valence electrons. The van der Waals surface area contributed by atoms with Crippen molar-refractivity contribution in [2.75, 3.05) is 18.5 Å². The summed E-state index contributed by atoms with van der Waals surface area (Å²) in [5.74, 6) is 0.894. The lowest BCUT2D eigenvalue weighted by Gasteiger charge is -2.39. The second-order valence-electron chi connectivity index (χ2n) is 8.82. The van der Waals surface area contributed by atoms with E-state index in [2.05, 4.69) is 64.6 Å². The van der Waals surface area contributed by atoms with Crippen LogP contribution in [-0.4, -0.2) is 46.3 Å². The summed E-state index contributed by atoms with van der Waals surface area (Å²) in [6.07, 6.45) is 6.97. The van der Waals surface area contributed by atoms with Gasteiger partial charge >= 0.3 is 0 Å². The smallest absolute Gasteiger partial charge is 0.122 e. The molecule has 5 heteroatoms. The van der Waals surface area contributed by atoms with Crippen molar-refractivity contribution in [1.82, 2.24) is 9.88 Å². The Bertz CT molecular complexity index is 1000. The van der Waals surface area contributed by atoms with Gasteiger partial charge in [0.2, 0.25) is 0 Å². The van der Waals surface area contributed by atoms with Gasteiger partial charge in [-0.05, 0) is 74.1 Å². The first kappa shape index (κ1) is 19.5. The number of ether oxygens (including phenoxy) is 1. The van der Waals surface area contributed by atoms with E-state index < -0.39 is 0 Å². The van der Waals surface area contributed by atoms with Gasteiger partial charge in [-0.3, -0.25) is 4.90 Å². The van der Waals surface area contributed by atoms with E-state index in [0.29, 0.717) is 24.7 Å². The van der Waals surface area contributed by atoms with Crippen molar-refractivity contribution in [2.45, 2.75) is 57.3 Å². The van der Waals surface area contributed by atoms with E-state index >= 15 is 0 Å². The molecule has 1 aromatic heterocycles. The number of benzene rings is 2. The fraction of sp³-hybridized carbons (Fsp3) is 0.440. The number of nitrogens with zero attached hydrogens (tertiary/aromatic N) is 1. The lowest BCUT2D eigenvalue weighted by Crippen LogP contribution is -2.46. The number of aliphatic hydroxyl groups excluding tert-OH is 1. The number of nitrogens with one attached hydrogen (secondary N) is 2. The van der Waals surface area contributed by atoms with Gasteiger partial charge in [-0.1, -0.05) is 12.1 Å². The molecule has 0 amide bonds. The summed E-state index contributed by atoms with van der Waals surface area (Å²) >= 11 is 0. The molecule has 2 fully saturated rings. The van der Waals surface area contributed by atoms with E-state index in [1.54, 1.807) is 0 Å². The highest BCUT2D eigenvalue weighted by atomic mass is 16.5. The zero-order chi connectivity index (χ0) is 20.5. The van der Waals surface area contributed by atoms with Gasteiger partial charge in [-0.2, -0.15) is 0 Å². The molecule has 0 radical (unpaired) electrons. The van der Waals surface area contributed by atoms with E-state index in [1.807, 2.05) is 6.20 Å². The minimum Gasteiger partial charge on any atom is -0.491 e. The Morgan fingerprint density at radius 2 is 1.93 bits per heavy atom. The maximum Gasteiger partial charge on any atom is 0.122 e. The van der Waals surface area contributed by atoms with Crippen molar-refractivity contribution in [3.05, 3.63) is 59.8 Å². The fourth-order valence-corrected chi connectivity index (χ4v) is 5.29. The average Bonchev–Trinajstić information content (AvgIpc) is 3.29. The monoisotopic (exact) mass is 405 g/mol. The first-order valence-electron chi connectivity index (χ1n) is 11.1. The van der Waals surface area contributed by atoms with Crippen LogP contribution in [0.15, 0.2) is 48.7 Å². The van der Waals surface area contributed by atoms with E-state index in [4.69, 9.17) is 9.84 Å². The van der Waals surface area contributed by atoms with Gasteiger partial charge in [0.15, 0.2) is 0 Å². The van der Waals surface area contributed by atoms with Crippen LogP contribution in [0.3, 0.4) is 0 Å². The van der Waals surface area contributed by atoms with Gasteiger partial charge in [-0.25, -0.2) is 0 Å². The quantitative estimate of drug-likeness (QED) is 0.543. The van der Waals surface area contributed by atoms with Gasteiger partial charge in [0, 0.05) is 47.5 Å². The largest absolute Gasteiger partial charge is 0.491 e. The number of piperidine rings is 1. The highest BCUT2D eigenvalue weighted by Crippen LogP contribution is 2.38. The number of aliphatic hydroxyl groups is 1. The topological polar surface area (TPSA) is 60.5 Å². The number of hydrogen-bond acceptors (Lipinski definition) is 4. The Labute approximate surface area is 178 Å². The van der Waals surface area contributed by atoms with Gasteiger partial charge in [0.05, 0.1) is 6.61 Å². The van der Waals surface area contributed by atoms with Crippen LogP contribution in [0.4, 0.5) is 5.69 Å². The Balaban J connectivity index is 1.24. The molecular weight excluding hydrogens is 374 g/mol. The highest BCUT2D eigenvalue weighted by molar-refractivity contribution is 5.83. The van der Waals surface area contributed by atoms with Crippen LogP contribution in [0.5, 0.6) is 5.75 Å². The summed E-state index contributed by atoms with van der Waals surface area (Å²) in [4.78, 5) is 5.97. The predicted octanol–water partition coefficient (Wildman–Crippen LogP) is 4.45. The molecule has 3 heterocycles. The number of aromatic amines is 1. The maximum absolute atomic E-state index is 9.06. The predicted molar refractivity (Wildman–Crippen MR) is 121 cm³/mol. The van der Waals surface area contributed by atoms with E-state index in [-0.39, 0.29) is 6.61 Å². The van der Waals surface area contributed by atoms with E-state index in [9.17, 15) is 0 Å². The molecule has 3 N–H and O–H groups in total. The standard InChI is InChI=1S/C25H31N3O2/c1-17-2-3-18(12-25(17)30-11-10-29)16-28-22-5-6-23(28)15-21(14-22)27-20-4-7-24-19(13-20)8-9-26-24/h2-4,7-9,12-13,21-23,26-27,29H,5-6,10-11,14-16H2,1H3. The number of fused-ring (bicyclic) bond motifs is 3. The zero-order valence-corrected chi connectivity index (χ0v) is 17.6. The van der Waals surface area contributed by atoms with Gasteiger partial charge in [0.1, 0.15) is 12.4 Å². The number of hydrogen-bond donors (Lipinski definition) is 3. The third-order valence-corrected chi connectivity index (χ3v) is 6.77. The molecule has 2 atom stereocenters. The molecule has 5 nitrogen and oxygen atoms in total. The van der Waals surface area contributed by atoms with E-state index in [1.165, 1.54) is 47.8 Å². The minimum absolute atomic E-state index is 0.0470. The van der Waals surface area contributed by atoms with Gasteiger partial charge in [0.25, 0.3) is 0 Å². The number of aryl methyl sites for hydroxylation is 1. The molecule has 2 aromatic carbocycles. The van der Waals surface area contributed by atoms with Gasteiger partial charge < -0.3 is 20.1 Å². The van der Waals surface area contributed by atoms with Crippen LogP contribution in [0, 0.1) is 6.92 Å². The number of H-pyrrole nitrogens is 1. The maximum atomic E-state index is 9.06.